The zero-order chi connectivity index (χ0) is 20.4. The molecule has 28 heavy (non-hydrogen) atoms. The van der Waals surface area contributed by atoms with E-state index in [4.69, 9.17) is 25.8 Å². The van der Waals surface area contributed by atoms with Gasteiger partial charge in [-0.05, 0) is 31.5 Å². The second-order valence-corrected chi connectivity index (χ2v) is 6.34. The lowest BCUT2D eigenvalue weighted by molar-refractivity contribution is 0.0596. The Balaban J connectivity index is 2.31. The first-order valence-electron chi connectivity index (χ1n) is 8.48. The van der Waals surface area contributed by atoms with Crippen LogP contribution >= 0.6 is 11.6 Å². The summed E-state index contributed by atoms with van der Waals surface area (Å²) >= 11 is 5.97. The van der Waals surface area contributed by atoms with Crippen LogP contribution in [0.25, 0.3) is 22.4 Å². The number of rotatable bonds is 6. The molecular formula is C19H19ClFN3O4. The highest BCUT2D eigenvalue weighted by molar-refractivity contribution is 6.32. The van der Waals surface area contributed by atoms with E-state index in [1.165, 1.54) is 26.4 Å². The second-order valence-electron chi connectivity index (χ2n) is 5.93. The molecule has 9 heteroatoms. The van der Waals surface area contributed by atoms with Gasteiger partial charge in [-0.1, -0.05) is 11.6 Å². The number of aryl methyl sites for hydroxylation is 1. The third kappa shape index (κ3) is 3.41. The van der Waals surface area contributed by atoms with Crippen LogP contribution in [0.3, 0.4) is 0 Å². The molecule has 0 aliphatic carbocycles. The molecule has 0 bridgehead atoms. The van der Waals surface area contributed by atoms with Crippen molar-refractivity contribution in [2.45, 2.75) is 20.6 Å². The summed E-state index contributed by atoms with van der Waals surface area (Å²) in [5.41, 5.74) is 1.30. The molecule has 148 valence electrons. The van der Waals surface area contributed by atoms with Crippen LogP contribution in [0.4, 0.5) is 4.39 Å². The smallest absolute Gasteiger partial charge is 0.357 e. The molecule has 0 aliphatic heterocycles. The number of esters is 1. The van der Waals surface area contributed by atoms with E-state index in [0.717, 1.165) is 5.56 Å². The summed E-state index contributed by atoms with van der Waals surface area (Å²) in [7, 11) is 2.57. The van der Waals surface area contributed by atoms with Gasteiger partial charge in [0.05, 0.1) is 30.2 Å². The summed E-state index contributed by atoms with van der Waals surface area (Å²) in [6.45, 7) is 4.42. The molecule has 1 aromatic carbocycles. The number of methoxy groups -OCH3 is 2. The van der Waals surface area contributed by atoms with Gasteiger partial charge >= 0.3 is 5.97 Å². The Hall–Kier alpha value is -2.71. The van der Waals surface area contributed by atoms with Gasteiger partial charge in [0.2, 0.25) is 0 Å². The zero-order valence-corrected chi connectivity index (χ0v) is 16.6. The summed E-state index contributed by atoms with van der Waals surface area (Å²) in [5.74, 6) is -1.48. The molecule has 2 heterocycles. The predicted octanol–water partition coefficient (Wildman–Crippen LogP) is 3.99. The fourth-order valence-electron chi connectivity index (χ4n) is 2.92. The van der Waals surface area contributed by atoms with Crippen LogP contribution in [0.2, 0.25) is 5.02 Å². The van der Waals surface area contributed by atoms with Crippen LogP contribution in [0.15, 0.2) is 18.3 Å². The molecule has 0 aliphatic rings. The lowest BCUT2D eigenvalue weighted by Gasteiger charge is -2.11. The molecule has 0 radical (unpaired) electrons. The van der Waals surface area contributed by atoms with E-state index in [0.29, 0.717) is 17.6 Å². The minimum Gasteiger partial charge on any atom is -0.492 e. The van der Waals surface area contributed by atoms with Crippen LogP contribution in [-0.4, -0.2) is 41.3 Å². The minimum atomic E-state index is -0.718. The van der Waals surface area contributed by atoms with Crippen molar-refractivity contribution in [2.24, 2.45) is 0 Å². The van der Waals surface area contributed by atoms with Gasteiger partial charge in [0.1, 0.15) is 12.4 Å². The predicted molar refractivity (Wildman–Crippen MR) is 102 cm³/mol. The first kappa shape index (κ1) is 20.0. The highest BCUT2D eigenvalue weighted by Gasteiger charge is 2.24. The molecule has 0 amide bonds. The zero-order valence-electron chi connectivity index (χ0n) is 15.9. The molecule has 0 saturated heterocycles. The molecule has 0 unspecified atom stereocenters. The molecular weight excluding hydrogens is 389 g/mol. The standard InChI is InChI=1S/C19H19ClFN3O4/c1-5-28-9-24-8-10(2)13-15(19(25)27-4)22-17(23-18(13)24)11-6-7-12(20)16(26-3)14(11)21/h6-8H,5,9H2,1-4H3. The highest BCUT2D eigenvalue weighted by atomic mass is 35.5. The average molecular weight is 408 g/mol. The summed E-state index contributed by atoms with van der Waals surface area (Å²) in [4.78, 5) is 21.1. The van der Waals surface area contributed by atoms with Crippen LogP contribution in [-0.2, 0) is 16.2 Å². The Kier molecular flexibility index (Phi) is 5.81. The van der Waals surface area contributed by atoms with Crippen molar-refractivity contribution in [1.29, 1.82) is 0 Å². The molecule has 0 fully saturated rings. The second kappa shape index (κ2) is 8.12. The quantitative estimate of drug-likeness (QED) is 0.575. The van der Waals surface area contributed by atoms with Gasteiger partial charge in [-0.3, -0.25) is 0 Å². The van der Waals surface area contributed by atoms with Crippen molar-refractivity contribution < 1.29 is 23.4 Å². The van der Waals surface area contributed by atoms with Crippen molar-refractivity contribution in [2.75, 3.05) is 20.8 Å². The van der Waals surface area contributed by atoms with E-state index >= 15 is 0 Å². The van der Waals surface area contributed by atoms with E-state index in [9.17, 15) is 9.18 Å². The van der Waals surface area contributed by atoms with E-state index in [2.05, 4.69) is 9.97 Å². The third-order valence-corrected chi connectivity index (χ3v) is 4.51. The first-order chi connectivity index (χ1) is 13.4. The number of fused-ring (bicyclic) bond motifs is 1. The van der Waals surface area contributed by atoms with Gasteiger partial charge < -0.3 is 18.8 Å². The minimum absolute atomic E-state index is 0.0104. The first-order valence-corrected chi connectivity index (χ1v) is 8.86. The summed E-state index contributed by atoms with van der Waals surface area (Å²) in [6.07, 6.45) is 1.80. The Morgan fingerprint density at radius 3 is 2.68 bits per heavy atom. The van der Waals surface area contributed by atoms with Crippen LogP contribution in [0, 0.1) is 12.7 Å². The van der Waals surface area contributed by atoms with Gasteiger partial charge in [-0.15, -0.1) is 0 Å². The molecule has 3 rings (SSSR count). The number of benzene rings is 1. The summed E-state index contributed by atoms with van der Waals surface area (Å²) in [5, 5.41) is 0.644. The average Bonchev–Trinajstić information content (AvgIpc) is 3.01. The van der Waals surface area contributed by atoms with Crippen LogP contribution < -0.4 is 4.74 Å². The molecule has 0 atom stereocenters. The number of ether oxygens (including phenoxy) is 3. The number of carbonyl (C=O) groups is 1. The van der Waals surface area contributed by atoms with E-state index in [1.54, 1.807) is 10.8 Å². The molecule has 0 N–H and O–H groups in total. The fourth-order valence-corrected chi connectivity index (χ4v) is 3.15. The van der Waals surface area contributed by atoms with Crippen molar-refractivity contribution in [3.05, 3.63) is 40.4 Å². The van der Waals surface area contributed by atoms with Gasteiger partial charge in [0.25, 0.3) is 0 Å². The lowest BCUT2D eigenvalue weighted by Crippen LogP contribution is -2.10. The maximum Gasteiger partial charge on any atom is 0.357 e. The number of hydrogen-bond acceptors (Lipinski definition) is 6. The van der Waals surface area contributed by atoms with Crippen molar-refractivity contribution >= 4 is 28.6 Å². The van der Waals surface area contributed by atoms with E-state index < -0.39 is 11.8 Å². The summed E-state index contributed by atoms with van der Waals surface area (Å²) < 4.78 is 32.0. The van der Waals surface area contributed by atoms with Crippen LogP contribution in [0.1, 0.15) is 23.0 Å². The van der Waals surface area contributed by atoms with Gasteiger partial charge in [0, 0.05) is 12.8 Å². The third-order valence-electron chi connectivity index (χ3n) is 4.21. The van der Waals surface area contributed by atoms with Crippen LogP contribution in [0.5, 0.6) is 5.75 Å². The maximum atomic E-state index is 14.9. The summed E-state index contributed by atoms with van der Waals surface area (Å²) in [6, 6.07) is 2.92. The van der Waals surface area contributed by atoms with Gasteiger partial charge in [0.15, 0.2) is 23.1 Å². The Morgan fingerprint density at radius 1 is 1.29 bits per heavy atom. The van der Waals surface area contributed by atoms with Crippen molar-refractivity contribution in [1.82, 2.24) is 14.5 Å². The Bertz CT molecular complexity index is 1050. The number of aromatic nitrogens is 3. The molecule has 7 nitrogen and oxygen atoms in total. The lowest BCUT2D eigenvalue weighted by atomic mass is 10.1. The molecule has 0 spiro atoms. The Morgan fingerprint density at radius 2 is 2.04 bits per heavy atom. The number of hydrogen-bond donors (Lipinski definition) is 0. The molecule has 0 saturated carbocycles. The normalized spacial score (nSPS) is 11.1. The highest BCUT2D eigenvalue weighted by Crippen LogP contribution is 2.35. The molecule has 2 aromatic heterocycles. The maximum absolute atomic E-state index is 14.9. The Labute approximate surface area is 166 Å². The van der Waals surface area contributed by atoms with Gasteiger partial charge in [-0.25, -0.2) is 19.2 Å². The number of nitrogens with zero attached hydrogens (tertiary/aromatic N) is 3. The van der Waals surface area contributed by atoms with Crippen molar-refractivity contribution in [3.8, 4) is 17.1 Å². The number of halogens is 2. The fraction of sp³-hybridized carbons (Fsp3) is 0.316. The van der Waals surface area contributed by atoms with E-state index in [1.807, 2.05) is 13.8 Å². The SMILES string of the molecule is CCOCn1cc(C)c2c(C(=O)OC)nc(-c3ccc(Cl)c(OC)c3F)nc21. The van der Waals surface area contributed by atoms with Gasteiger partial charge in [-0.2, -0.15) is 0 Å². The topological polar surface area (TPSA) is 75.5 Å². The molecule has 3 aromatic rings. The monoisotopic (exact) mass is 407 g/mol. The number of carbonyl (C=O) groups excluding carboxylic acids is 1. The van der Waals surface area contributed by atoms with Crippen molar-refractivity contribution in [3.63, 3.8) is 0 Å². The van der Waals surface area contributed by atoms with E-state index in [-0.39, 0.29) is 34.6 Å². The largest absolute Gasteiger partial charge is 0.492 e.